The fraction of sp³-hybridized carbons (Fsp3) is 0.440. The van der Waals surface area contributed by atoms with Gasteiger partial charge in [0.2, 0.25) is 0 Å². The first-order valence-electron chi connectivity index (χ1n) is 12.2. The maximum absolute atomic E-state index is 12.1. The zero-order chi connectivity index (χ0) is 25.3. The summed E-state index contributed by atoms with van der Waals surface area (Å²) >= 11 is 0. The quantitative estimate of drug-likeness (QED) is 0.512. The molecule has 36 heavy (non-hydrogen) atoms. The lowest BCUT2D eigenvalue weighted by Gasteiger charge is -2.34. The van der Waals surface area contributed by atoms with E-state index in [4.69, 9.17) is 10.7 Å². The standard InChI is InChI=1S/C25H30N8O2S/c1-36(34,35)20-5-2-4-19(14-20)22-16-33(13-12-31-8-3-9-31)24(30-22)18-6-10-32(11-7-18)25-21(15-26)23(27)28-17-29-25/h2,4-5,14,16-18H,3,6-13H2,1H3,(H2,27,28,29). The summed E-state index contributed by atoms with van der Waals surface area (Å²) in [5, 5.41) is 9.51. The third-order valence-electron chi connectivity index (χ3n) is 7.10. The van der Waals surface area contributed by atoms with Gasteiger partial charge in [0.05, 0.1) is 10.6 Å². The maximum atomic E-state index is 12.1. The molecule has 0 spiro atoms. The Morgan fingerprint density at radius 1 is 1.14 bits per heavy atom. The van der Waals surface area contributed by atoms with Gasteiger partial charge in [-0.2, -0.15) is 5.26 Å². The van der Waals surface area contributed by atoms with Crippen molar-refractivity contribution in [3.05, 3.63) is 48.2 Å². The minimum absolute atomic E-state index is 0.201. The van der Waals surface area contributed by atoms with Gasteiger partial charge in [0, 0.05) is 50.1 Å². The van der Waals surface area contributed by atoms with Crippen molar-refractivity contribution in [1.29, 1.82) is 5.26 Å². The smallest absolute Gasteiger partial charge is 0.175 e. The van der Waals surface area contributed by atoms with Crippen molar-refractivity contribution in [2.75, 3.05) is 49.6 Å². The van der Waals surface area contributed by atoms with E-state index < -0.39 is 9.84 Å². The molecule has 10 nitrogen and oxygen atoms in total. The van der Waals surface area contributed by atoms with E-state index in [1.165, 1.54) is 19.0 Å². The Hall–Kier alpha value is -3.49. The molecule has 0 bridgehead atoms. The van der Waals surface area contributed by atoms with Crippen LogP contribution in [-0.4, -0.2) is 71.8 Å². The number of rotatable bonds is 7. The summed E-state index contributed by atoms with van der Waals surface area (Å²) in [4.78, 5) is 18.1. The predicted octanol–water partition coefficient (Wildman–Crippen LogP) is 2.29. The van der Waals surface area contributed by atoms with Gasteiger partial charge in [-0.25, -0.2) is 23.4 Å². The van der Waals surface area contributed by atoms with Gasteiger partial charge in [0.15, 0.2) is 15.7 Å². The van der Waals surface area contributed by atoms with Crippen LogP contribution in [0.2, 0.25) is 0 Å². The number of nitrogens with zero attached hydrogens (tertiary/aromatic N) is 7. The van der Waals surface area contributed by atoms with Gasteiger partial charge < -0.3 is 20.1 Å². The lowest BCUT2D eigenvalue weighted by molar-refractivity contribution is 0.173. The molecular weight excluding hydrogens is 476 g/mol. The Kier molecular flexibility index (Phi) is 6.64. The third-order valence-corrected chi connectivity index (χ3v) is 8.21. The van der Waals surface area contributed by atoms with Crippen LogP contribution in [0, 0.1) is 11.3 Å². The third kappa shape index (κ3) is 4.92. The molecule has 2 aliphatic heterocycles. The highest BCUT2D eigenvalue weighted by molar-refractivity contribution is 7.90. The fourth-order valence-corrected chi connectivity index (χ4v) is 5.57. The number of nitriles is 1. The van der Waals surface area contributed by atoms with Crippen molar-refractivity contribution in [3.63, 3.8) is 0 Å². The molecule has 11 heteroatoms. The van der Waals surface area contributed by atoms with Crippen molar-refractivity contribution in [3.8, 4) is 17.3 Å². The number of aromatic nitrogens is 4. The molecule has 1 aromatic carbocycles. The van der Waals surface area contributed by atoms with Crippen LogP contribution < -0.4 is 10.6 Å². The van der Waals surface area contributed by atoms with Crippen LogP contribution in [0.1, 0.15) is 36.6 Å². The summed E-state index contributed by atoms with van der Waals surface area (Å²) in [7, 11) is -3.30. The number of sulfone groups is 1. The zero-order valence-electron chi connectivity index (χ0n) is 20.3. The summed E-state index contributed by atoms with van der Waals surface area (Å²) in [6, 6.07) is 9.13. The molecule has 0 amide bonds. The van der Waals surface area contributed by atoms with Gasteiger partial charge in [0.25, 0.3) is 0 Å². The average molecular weight is 507 g/mol. The van der Waals surface area contributed by atoms with Crippen molar-refractivity contribution < 1.29 is 8.42 Å². The Morgan fingerprint density at radius 2 is 1.92 bits per heavy atom. The minimum Gasteiger partial charge on any atom is -0.382 e. The normalized spacial score (nSPS) is 17.1. The summed E-state index contributed by atoms with van der Waals surface area (Å²) in [6.07, 6.45) is 7.65. The van der Waals surface area contributed by atoms with Gasteiger partial charge in [-0.05, 0) is 44.5 Å². The number of nitrogen functional groups attached to an aromatic ring is 1. The summed E-state index contributed by atoms with van der Waals surface area (Å²) in [5.41, 5.74) is 7.80. The molecule has 3 aromatic rings. The van der Waals surface area contributed by atoms with Crippen molar-refractivity contribution >= 4 is 21.5 Å². The number of anilines is 2. The maximum Gasteiger partial charge on any atom is 0.175 e. The van der Waals surface area contributed by atoms with E-state index in [-0.39, 0.29) is 11.7 Å². The lowest BCUT2D eigenvalue weighted by atomic mass is 9.95. The fourth-order valence-electron chi connectivity index (χ4n) is 4.90. The Bertz CT molecular complexity index is 1400. The molecule has 2 saturated heterocycles. The topological polar surface area (TPSA) is 134 Å². The number of benzene rings is 1. The molecule has 2 aliphatic rings. The Labute approximate surface area is 211 Å². The SMILES string of the molecule is CS(=O)(=O)c1cccc(-c2cn(CCN3CCC3)c(C3CCN(c4ncnc(N)c4C#N)CC3)n2)c1. The lowest BCUT2D eigenvalue weighted by Crippen LogP contribution is -2.39. The first kappa shape index (κ1) is 24.2. The number of likely N-dealkylation sites (tertiary alicyclic amines) is 1. The molecule has 2 aromatic heterocycles. The molecule has 2 N–H and O–H groups in total. The molecule has 5 rings (SSSR count). The van der Waals surface area contributed by atoms with E-state index >= 15 is 0 Å². The van der Waals surface area contributed by atoms with Gasteiger partial charge >= 0.3 is 0 Å². The number of imidazole rings is 1. The summed E-state index contributed by atoms with van der Waals surface area (Å²) < 4.78 is 26.4. The highest BCUT2D eigenvalue weighted by atomic mass is 32.2. The van der Waals surface area contributed by atoms with Crippen LogP contribution >= 0.6 is 0 Å². The second-order valence-corrected chi connectivity index (χ2v) is 11.5. The van der Waals surface area contributed by atoms with Gasteiger partial charge in [-0.3, -0.25) is 0 Å². The van der Waals surface area contributed by atoms with Crippen LogP contribution in [0.15, 0.2) is 41.7 Å². The average Bonchev–Trinajstić information content (AvgIpc) is 3.27. The van der Waals surface area contributed by atoms with E-state index in [0.29, 0.717) is 16.3 Å². The number of nitrogens with two attached hydrogens (primary N) is 1. The van der Waals surface area contributed by atoms with Gasteiger partial charge in [0.1, 0.15) is 29.6 Å². The van der Waals surface area contributed by atoms with Gasteiger partial charge in [-0.1, -0.05) is 12.1 Å². The van der Waals surface area contributed by atoms with E-state index in [1.807, 2.05) is 6.07 Å². The van der Waals surface area contributed by atoms with Crippen molar-refractivity contribution in [1.82, 2.24) is 24.4 Å². The highest BCUT2D eigenvalue weighted by Gasteiger charge is 2.28. The van der Waals surface area contributed by atoms with Crippen LogP contribution in [-0.2, 0) is 16.4 Å². The largest absolute Gasteiger partial charge is 0.382 e. The molecule has 0 radical (unpaired) electrons. The van der Waals surface area contributed by atoms with Crippen LogP contribution in [0.3, 0.4) is 0 Å². The zero-order valence-corrected chi connectivity index (χ0v) is 21.2. The Balaban J connectivity index is 1.40. The summed E-state index contributed by atoms with van der Waals surface area (Å²) in [5.74, 6) is 2.06. The van der Waals surface area contributed by atoms with Crippen LogP contribution in [0.25, 0.3) is 11.3 Å². The van der Waals surface area contributed by atoms with Crippen molar-refractivity contribution in [2.24, 2.45) is 0 Å². The predicted molar refractivity (Wildman–Crippen MR) is 137 cm³/mol. The Morgan fingerprint density at radius 3 is 2.58 bits per heavy atom. The van der Waals surface area contributed by atoms with Crippen LogP contribution in [0.4, 0.5) is 11.6 Å². The first-order chi connectivity index (χ1) is 17.3. The number of hydrogen-bond acceptors (Lipinski definition) is 9. The second kappa shape index (κ2) is 9.87. The van der Waals surface area contributed by atoms with Crippen molar-refractivity contribution in [2.45, 2.75) is 36.6 Å². The van der Waals surface area contributed by atoms with E-state index in [2.05, 4.69) is 36.6 Å². The molecule has 0 aliphatic carbocycles. The number of piperidine rings is 1. The van der Waals surface area contributed by atoms with Crippen LogP contribution in [0.5, 0.6) is 0 Å². The molecule has 2 fully saturated rings. The molecule has 188 valence electrons. The second-order valence-electron chi connectivity index (χ2n) is 9.50. The highest BCUT2D eigenvalue weighted by Crippen LogP contribution is 2.33. The van der Waals surface area contributed by atoms with Gasteiger partial charge in [-0.15, -0.1) is 0 Å². The first-order valence-corrected chi connectivity index (χ1v) is 14.1. The molecule has 0 saturated carbocycles. The molecular formula is C25H30N8O2S. The number of hydrogen-bond donors (Lipinski definition) is 1. The monoisotopic (exact) mass is 506 g/mol. The van der Waals surface area contributed by atoms with E-state index in [0.717, 1.165) is 69.2 Å². The summed E-state index contributed by atoms with van der Waals surface area (Å²) in [6.45, 7) is 5.54. The molecule has 4 heterocycles. The molecule has 0 unspecified atom stereocenters. The van der Waals surface area contributed by atoms with E-state index in [1.54, 1.807) is 18.2 Å². The minimum atomic E-state index is -3.30. The van der Waals surface area contributed by atoms with E-state index in [9.17, 15) is 13.7 Å². The molecule has 0 atom stereocenters.